The summed E-state index contributed by atoms with van der Waals surface area (Å²) in [7, 11) is 1.31. The first-order chi connectivity index (χ1) is 7.54. The van der Waals surface area contributed by atoms with Crippen LogP contribution in [0.15, 0.2) is 12.1 Å². The molecule has 1 saturated carbocycles. The van der Waals surface area contributed by atoms with Crippen molar-refractivity contribution < 1.29 is 23.4 Å². The van der Waals surface area contributed by atoms with Crippen LogP contribution in [0.2, 0.25) is 0 Å². The number of hydrogen-bond acceptors (Lipinski definition) is 2. The van der Waals surface area contributed by atoms with Gasteiger partial charge in [-0.2, -0.15) is 0 Å². The highest BCUT2D eigenvalue weighted by Crippen LogP contribution is 2.49. The van der Waals surface area contributed by atoms with Crippen molar-refractivity contribution in [2.75, 3.05) is 7.11 Å². The van der Waals surface area contributed by atoms with Crippen molar-refractivity contribution in [2.24, 2.45) is 5.92 Å². The Morgan fingerprint density at radius 3 is 2.38 bits per heavy atom. The van der Waals surface area contributed by atoms with Crippen molar-refractivity contribution in [1.29, 1.82) is 0 Å². The van der Waals surface area contributed by atoms with Crippen LogP contribution in [0, 0.1) is 17.6 Å². The number of benzene rings is 1. The molecule has 0 saturated heterocycles. The second kappa shape index (κ2) is 3.73. The van der Waals surface area contributed by atoms with Crippen molar-refractivity contribution >= 4 is 5.97 Å². The lowest BCUT2D eigenvalue weighted by molar-refractivity contribution is -0.138. The predicted octanol–water partition coefficient (Wildman–Crippen LogP) is 2.16. The van der Waals surface area contributed by atoms with Crippen LogP contribution in [-0.2, 0) is 4.79 Å². The fourth-order valence-electron chi connectivity index (χ4n) is 1.82. The minimum Gasteiger partial charge on any atom is -0.497 e. The predicted molar refractivity (Wildman–Crippen MR) is 51.4 cm³/mol. The molecule has 1 N–H and O–H groups in total. The van der Waals surface area contributed by atoms with Gasteiger partial charge in [0.1, 0.15) is 17.4 Å². The summed E-state index contributed by atoms with van der Waals surface area (Å²) in [5.74, 6) is -3.64. The Balaban J connectivity index is 2.33. The number of carboxylic acids is 1. The first-order valence-electron chi connectivity index (χ1n) is 4.80. The molecule has 0 heterocycles. The Morgan fingerprint density at radius 2 is 2.00 bits per heavy atom. The molecule has 1 aliphatic carbocycles. The Labute approximate surface area is 90.7 Å². The number of rotatable bonds is 3. The number of carboxylic acid groups (broad SMARTS) is 1. The Bertz CT molecular complexity index is 422. The van der Waals surface area contributed by atoms with Crippen molar-refractivity contribution in [3.63, 3.8) is 0 Å². The van der Waals surface area contributed by atoms with E-state index >= 15 is 0 Å². The second-order valence-corrected chi connectivity index (χ2v) is 3.79. The maximum atomic E-state index is 13.5. The van der Waals surface area contributed by atoms with E-state index in [4.69, 9.17) is 9.84 Å². The van der Waals surface area contributed by atoms with Gasteiger partial charge in [0.2, 0.25) is 0 Å². The standard InChI is InChI=1S/C11H10F2O3/c1-16-5-2-8(12)10(9(13)3-5)6-4-7(6)11(14)15/h2-3,6-7H,4H2,1H3,(H,14,15). The summed E-state index contributed by atoms with van der Waals surface area (Å²) in [6.07, 6.45) is 0.287. The van der Waals surface area contributed by atoms with Crippen LogP contribution in [0.5, 0.6) is 5.75 Å². The van der Waals surface area contributed by atoms with Crippen LogP contribution >= 0.6 is 0 Å². The van der Waals surface area contributed by atoms with Crippen LogP contribution in [0.4, 0.5) is 8.78 Å². The molecule has 1 fully saturated rings. The third-order valence-electron chi connectivity index (χ3n) is 2.77. The molecule has 0 bridgehead atoms. The summed E-state index contributed by atoms with van der Waals surface area (Å²) in [4.78, 5) is 10.6. The van der Waals surface area contributed by atoms with E-state index in [0.717, 1.165) is 12.1 Å². The third-order valence-corrected chi connectivity index (χ3v) is 2.77. The molecular formula is C11H10F2O3. The highest BCUT2D eigenvalue weighted by molar-refractivity contribution is 5.75. The molecule has 1 aromatic carbocycles. The van der Waals surface area contributed by atoms with Crippen LogP contribution < -0.4 is 4.74 Å². The molecule has 5 heteroatoms. The van der Waals surface area contributed by atoms with Gasteiger partial charge in [0.25, 0.3) is 0 Å². The summed E-state index contributed by atoms with van der Waals surface area (Å²) in [6, 6.07) is 2.13. The maximum absolute atomic E-state index is 13.5. The van der Waals surface area contributed by atoms with Crippen LogP contribution in [0.25, 0.3) is 0 Å². The smallest absolute Gasteiger partial charge is 0.307 e. The highest BCUT2D eigenvalue weighted by atomic mass is 19.1. The largest absolute Gasteiger partial charge is 0.497 e. The van der Waals surface area contributed by atoms with E-state index in [1.54, 1.807) is 0 Å². The van der Waals surface area contributed by atoms with E-state index in [1.807, 2.05) is 0 Å². The summed E-state index contributed by atoms with van der Waals surface area (Å²) >= 11 is 0. The molecule has 0 radical (unpaired) electrons. The van der Waals surface area contributed by atoms with E-state index in [0.29, 0.717) is 0 Å². The highest BCUT2D eigenvalue weighted by Gasteiger charge is 2.47. The van der Waals surface area contributed by atoms with E-state index < -0.39 is 29.4 Å². The maximum Gasteiger partial charge on any atom is 0.307 e. The van der Waals surface area contributed by atoms with Gasteiger partial charge in [0.05, 0.1) is 13.0 Å². The number of carbonyl (C=O) groups is 1. The van der Waals surface area contributed by atoms with Gasteiger partial charge in [-0.25, -0.2) is 8.78 Å². The Kier molecular flexibility index (Phi) is 2.53. The van der Waals surface area contributed by atoms with Gasteiger partial charge in [-0.15, -0.1) is 0 Å². The van der Waals surface area contributed by atoms with Gasteiger partial charge < -0.3 is 9.84 Å². The van der Waals surface area contributed by atoms with Crippen molar-refractivity contribution in [3.8, 4) is 5.75 Å². The van der Waals surface area contributed by atoms with Gasteiger partial charge >= 0.3 is 5.97 Å². The molecule has 2 unspecified atom stereocenters. The molecule has 2 atom stereocenters. The monoisotopic (exact) mass is 228 g/mol. The normalized spacial score (nSPS) is 22.9. The van der Waals surface area contributed by atoms with E-state index in [9.17, 15) is 13.6 Å². The Morgan fingerprint density at radius 1 is 1.44 bits per heavy atom. The zero-order valence-corrected chi connectivity index (χ0v) is 8.54. The molecule has 86 valence electrons. The van der Waals surface area contributed by atoms with Gasteiger partial charge in [-0.1, -0.05) is 0 Å². The lowest BCUT2D eigenvalue weighted by Crippen LogP contribution is -2.02. The minimum atomic E-state index is -1.01. The summed E-state index contributed by atoms with van der Waals surface area (Å²) in [5, 5.41) is 8.70. The Hall–Kier alpha value is -1.65. The summed E-state index contributed by atoms with van der Waals surface area (Å²) in [6.45, 7) is 0. The number of hydrogen-bond donors (Lipinski definition) is 1. The molecular weight excluding hydrogens is 218 g/mol. The lowest BCUT2D eigenvalue weighted by atomic mass is 10.1. The lowest BCUT2D eigenvalue weighted by Gasteiger charge is -2.06. The minimum absolute atomic E-state index is 0.0891. The number of methoxy groups -OCH3 is 1. The molecule has 0 spiro atoms. The van der Waals surface area contributed by atoms with Crippen molar-refractivity contribution in [1.82, 2.24) is 0 Å². The molecule has 16 heavy (non-hydrogen) atoms. The van der Waals surface area contributed by atoms with E-state index in [1.165, 1.54) is 7.11 Å². The van der Waals surface area contributed by atoms with Gasteiger partial charge in [0.15, 0.2) is 0 Å². The molecule has 0 amide bonds. The number of ether oxygens (including phenoxy) is 1. The molecule has 3 nitrogen and oxygen atoms in total. The number of aliphatic carboxylic acids is 1. The van der Waals surface area contributed by atoms with Crippen molar-refractivity contribution in [3.05, 3.63) is 29.3 Å². The fraction of sp³-hybridized carbons (Fsp3) is 0.364. The van der Waals surface area contributed by atoms with Gasteiger partial charge in [0, 0.05) is 23.6 Å². The molecule has 0 aromatic heterocycles. The fourth-order valence-corrected chi connectivity index (χ4v) is 1.82. The van der Waals surface area contributed by atoms with E-state index in [-0.39, 0.29) is 17.7 Å². The SMILES string of the molecule is COc1cc(F)c(C2CC2C(=O)O)c(F)c1. The van der Waals surface area contributed by atoms with Crippen LogP contribution in [-0.4, -0.2) is 18.2 Å². The van der Waals surface area contributed by atoms with Gasteiger partial charge in [-0.3, -0.25) is 4.79 Å². The quantitative estimate of drug-likeness (QED) is 0.862. The average molecular weight is 228 g/mol. The average Bonchev–Trinajstić information content (AvgIpc) is 2.96. The summed E-state index contributed by atoms with van der Waals surface area (Å²) in [5.41, 5.74) is -0.145. The first kappa shape index (κ1) is 10.9. The first-order valence-corrected chi connectivity index (χ1v) is 4.80. The van der Waals surface area contributed by atoms with Crippen LogP contribution in [0.1, 0.15) is 17.9 Å². The molecule has 2 rings (SSSR count). The molecule has 1 aliphatic rings. The van der Waals surface area contributed by atoms with E-state index in [2.05, 4.69) is 0 Å². The van der Waals surface area contributed by atoms with Crippen LogP contribution in [0.3, 0.4) is 0 Å². The topological polar surface area (TPSA) is 46.5 Å². The zero-order valence-electron chi connectivity index (χ0n) is 8.54. The third kappa shape index (κ3) is 1.73. The van der Waals surface area contributed by atoms with Crippen molar-refractivity contribution in [2.45, 2.75) is 12.3 Å². The summed E-state index contributed by atoms with van der Waals surface area (Å²) < 4.78 is 31.7. The molecule has 0 aliphatic heterocycles. The molecule has 1 aromatic rings. The van der Waals surface area contributed by atoms with Gasteiger partial charge in [-0.05, 0) is 6.42 Å². The zero-order chi connectivity index (χ0) is 11.9. The second-order valence-electron chi connectivity index (χ2n) is 3.79. The number of halogens is 2.